The van der Waals surface area contributed by atoms with E-state index >= 15 is 0 Å². The molecule has 144 valence electrons. The van der Waals surface area contributed by atoms with Crippen molar-refractivity contribution in [2.45, 2.75) is 26.7 Å². The minimum Gasteiger partial charge on any atom is -0.421 e. The molecule has 1 aromatic heterocycles. The lowest BCUT2D eigenvalue weighted by Gasteiger charge is -2.12. The maximum Gasteiger partial charge on any atom is 0.253 e. The van der Waals surface area contributed by atoms with Gasteiger partial charge in [-0.3, -0.25) is 9.59 Å². The molecular formula is C21H22N4O3. The van der Waals surface area contributed by atoms with Crippen molar-refractivity contribution in [2.75, 3.05) is 12.4 Å². The van der Waals surface area contributed by atoms with Crippen molar-refractivity contribution in [1.82, 2.24) is 15.5 Å². The summed E-state index contributed by atoms with van der Waals surface area (Å²) in [6, 6.07) is 13.1. The molecule has 0 spiro atoms. The Kier molecular flexibility index (Phi) is 5.84. The summed E-state index contributed by atoms with van der Waals surface area (Å²) in [5, 5.41) is 13.4. The molecule has 0 atom stereocenters. The van der Waals surface area contributed by atoms with Crippen LogP contribution in [0.5, 0.6) is 0 Å². The van der Waals surface area contributed by atoms with Crippen LogP contribution in [-0.2, 0) is 11.2 Å². The second-order valence-corrected chi connectivity index (χ2v) is 6.49. The zero-order chi connectivity index (χ0) is 20.1. The second-order valence-electron chi connectivity index (χ2n) is 6.49. The average Bonchev–Trinajstić information content (AvgIpc) is 3.15. The van der Waals surface area contributed by atoms with Crippen LogP contribution in [0.25, 0.3) is 11.5 Å². The van der Waals surface area contributed by atoms with Crippen LogP contribution in [0.4, 0.5) is 5.69 Å². The van der Waals surface area contributed by atoms with E-state index in [0.717, 1.165) is 16.7 Å². The lowest BCUT2D eigenvalue weighted by atomic mass is 10.1. The van der Waals surface area contributed by atoms with E-state index < -0.39 is 0 Å². The molecule has 0 saturated heterocycles. The van der Waals surface area contributed by atoms with Crippen molar-refractivity contribution in [3.63, 3.8) is 0 Å². The number of hydrogen-bond acceptors (Lipinski definition) is 5. The highest BCUT2D eigenvalue weighted by atomic mass is 16.4. The number of hydrogen-bond donors (Lipinski definition) is 2. The van der Waals surface area contributed by atoms with Crippen LogP contribution >= 0.6 is 0 Å². The Hall–Kier alpha value is -3.48. The van der Waals surface area contributed by atoms with Gasteiger partial charge in [0.15, 0.2) is 0 Å². The fourth-order valence-electron chi connectivity index (χ4n) is 2.80. The maximum absolute atomic E-state index is 12.3. The Balaban J connectivity index is 1.63. The summed E-state index contributed by atoms with van der Waals surface area (Å²) in [6.07, 6.45) is 0.475. The summed E-state index contributed by atoms with van der Waals surface area (Å²) in [4.78, 5) is 24.4. The summed E-state index contributed by atoms with van der Waals surface area (Å²) < 4.78 is 5.64. The van der Waals surface area contributed by atoms with Gasteiger partial charge in [-0.15, -0.1) is 10.2 Å². The third-order valence-corrected chi connectivity index (χ3v) is 4.33. The predicted octanol–water partition coefficient (Wildman–Crippen LogP) is 3.28. The smallest absolute Gasteiger partial charge is 0.253 e. The molecular weight excluding hydrogens is 356 g/mol. The van der Waals surface area contributed by atoms with Crippen LogP contribution in [0.2, 0.25) is 0 Å². The van der Waals surface area contributed by atoms with Gasteiger partial charge in [0.2, 0.25) is 17.7 Å². The van der Waals surface area contributed by atoms with Gasteiger partial charge >= 0.3 is 0 Å². The van der Waals surface area contributed by atoms with Gasteiger partial charge in [0, 0.05) is 25.5 Å². The first-order valence-corrected chi connectivity index (χ1v) is 8.99. The number of aromatic nitrogens is 2. The summed E-state index contributed by atoms with van der Waals surface area (Å²) in [7, 11) is 1.56. The van der Waals surface area contributed by atoms with E-state index in [9.17, 15) is 9.59 Å². The molecule has 3 aromatic rings. The normalized spacial score (nSPS) is 10.5. The number of anilines is 1. The van der Waals surface area contributed by atoms with E-state index in [-0.39, 0.29) is 18.2 Å². The molecule has 0 fully saturated rings. The van der Waals surface area contributed by atoms with Gasteiger partial charge in [0.05, 0.1) is 11.3 Å². The Morgan fingerprint density at radius 3 is 2.50 bits per heavy atom. The van der Waals surface area contributed by atoms with E-state index in [1.807, 2.05) is 44.2 Å². The van der Waals surface area contributed by atoms with Gasteiger partial charge in [-0.25, -0.2) is 0 Å². The van der Waals surface area contributed by atoms with Gasteiger partial charge in [-0.05, 0) is 37.6 Å². The monoisotopic (exact) mass is 378 g/mol. The summed E-state index contributed by atoms with van der Waals surface area (Å²) in [6.45, 7) is 3.83. The number of amides is 2. The molecule has 2 amide bonds. The SMILES string of the molecule is CNC(=O)c1c(C)cccc1NC(=O)CCc1nnc(-c2ccc(C)cc2)o1. The van der Waals surface area contributed by atoms with Crippen LogP contribution in [0.15, 0.2) is 46.9 Å². The predicted molar refractivity (Wildman–Crippen MR) is 106 cm³/mol. The number of carbonyl (C=O) groups excluding carboxylic acids is 2. The van der Waals surface area contributed by atoms with Gasteiger partial charge in [-0.1, -0.05) is 29.8 Å². The summed E-state index contributed by atoms with van der Waals surface area (Å²) in [5.74, 6) is 0.344. The third kappa shape index (κ3) is 4.43. The van der Waals surface area contributed by atoms with Gasteiger partial charge < -0.3 is 15.1 Å². The molecule has 7 heteroatoms. The lowest BCUT2D eigenvalue weighted by Crippen LogP contribution is -2.22. The highest BCUT2D eigenvalue weighted by molar-refractivity contribution is 6.04. The molecule has 0 bridgehead atoms. The number of benzene rings is 2. The van der Waals surface area contributed by atoms with Crippen molar-refractivity contribution < 1.29 is 14.0 Å². The van der Waals surface area contributed by atoms with Crippen LogP contribution in [0, 0.1) is 13.8 Å². The topological polar surface area (TPSA) is 97.1 Å². The third-order valence-electron chi connectivity index (χ3n) is 4.33. The van der Waals surface area contributed by atoms with E-state index in [2.05, 4.69) is 20.8 Å². The first-order chi connectivity index (χ1) is 13.5. The van der Waals surface area contributed by atoms with Crippen molar-refractivity contribution >= 4 is 17.5 Å². The zero-order valence-corrected chi connectivity index (χ0v) is 16.1. The summed E-state index contributed by atoms with van der Waals surface area (Å²) >= 11 is 0. The van der Waals surface area contributed by atoms with Crippen LogP contribution < -0.4 is 10.6 Å². The first kappa shape index (κ1) is 19.3. The van der Waals surface area contributed by atoms with E-state index in [4.69, 9.17) is 4.42 Å². The molecule has 0 aliphatic carbocycles. The van der Waals surface area contributed by atoms with Gasteiger partial charge in [-0.2, -0.15) is 0 Å². The number of nitrogens with one attached hydrogen (secondary N) is 2. The van der Waals surface area contributed by atoms with Crippen LogP contribution in [0.3, 0.4) is 0 Å². The number of nitrogens with zero attached hydrogens (tertiary/aromatic N) is 2. The first-order valence-electron chi connectivity index (χ1n) is 8.99. The van der Waals surface area contributed by atoms with E-state index in [1.54, 1.807) is 19.2 Å². The van der Waals surface area contributed by atoms with Gasteiger partial charge in [0.1, 0.15) is 0 Å². The van der Waals surface area contributed by atoms with Crippen LogP contribution in [-0.4, -0.2) is 29.1 Å². The molecule has 28 heavy (non-hydrogen) atoms. The van der Waals surface area contributed by atoms with E-state index in [0.29, 0.717) is 29.5 Å². The van der Waals surface area contributed by atoms with E-state index in [1.165, 1.54) is 0 Å². The Morgan fingerprint density at radius 1 is 1.04 bits per heavy atom. The largest absolute Gasteiger partial charge is 0.421 e. The fourth-order valence-corrected chi connectivity index (χ4v) is 2.80. The van der Waals surface area contributed by atoms with Crippen molar-refractivity contribution in [3.8, 4) is 11.5 Å². The maximum atomic E-state index is 12.3. The minimum absolute atomic E-state index is 0.163. The molecule has 0 radical (unpaired) electrons. The quantitative estimate of drug-likeness (QED) is 0.686. The highest BCUT2D eigenvalue weighted by Crippen LogP contribution is 2.21. The Morgan fingerprint density at radius 2 is 1.79 bits per heavy atom. The lowest BCUT2D eigenvalue weighted by molar-refractivity contribution is -0.116. The second kappa shape index (κ2) is 8.47. The Labute approximate surface area is 163 Å². The summed E-state index contributed by atoms with van der Waals surface area (Å²) in [5.41, 5.74) is 3.71. The number of carbonyl (C=O) groups is 2. The number of rotatable bonds is 6. The van der Waals surface area contributed by atoms with Crippen molar-refractivity contribution in [3.05, 3.63) is 65.0 Å². The minimum atomic E-state index is -0.243. The molecule has 0 unspecified atom stereocenters. The number of aryl methyl sites for hydroxylation is 3. The standard InChI is InChI=1S/C21H22N4O3/c1-13-7-9-15(10-8-13)21-25-24-18(28-21)12-11-17(26)23-16-6-4-5-14(2)19(16)20(27)22-3/h4-10H,11-12H2,1-3H3,(H,22,27)(H,23,26). The molecule has 0 aliphatic heterocycles. The molecule has 3 rings (SSSR count). The highest BCUT2D eigenvalue weighted by Gasteiger charge is 2.16. The molecule has 2 N–H and O–H groups in total. The molecule has 0 aliphatic rings. The van der Waals surface area contributed by atoms with Crippen LogP contribution in [0.1, 0.15) is 33.8 Å². The zero-order valence-electron chi connectivity index (χ0n) is 16.1. The Bertz CT molecular complexity index is 993. The fraction of sp³-hybridized carbons (Fsp3) is 0.238. The van der Waals surface area contributed by atoms with Crippen molar-refractivity contribution in [2.24, 2.45) is 0 Å². The average molecular weight is 378 g/mol. The van der Waals surface area contributed by atoms with Gasteiger partial charge in [0.25, 0.3) is 5.91 Å². The molecule has 1 heterocycles. The molecule has 7 nitrogen and oxygen atoms in total. The van der Waals surface area contributed by atoms with Crippen molar-refractivity contribution in [1.29, 1.82) is 0 Å². The molecule has 2 aromatic carbocycles. The molecule has 0 saturated carbocycles.